The van der Waals surface area contributed by atoms with Crippen molar-refractivity contribution in [1.82, 2.24) is 4.98 Å². The van der Waals surface area contributed by atoms with Gasteiger partial charge in [-0.15, -0.1) is 0 Å². The van der Waals surface area contributed by atoms with Crippen LogP contribution >= 0.6 is 0 Å². The SMILES string of the molecule is COc1ccc(C(C)(C)C)cc1S(=O)(=O)Oc1ccccn1. The Bertz CT molecular complexity index is 749. The molecule has 1 aromatic heterocycles. The van der Waals surface area contributed by atoms with E-state index in [0.29, 0.717) is 0 Å². The van der Waals surface area contributed by atoms with E-state index < -0.39 is 10.1 Å². The molecule has 0 fully saturated rings. The average Bonchev–Trinajstić information content (AvgIpc) is 2.46. The molecule has 0 radical (unpaired) electrons. The Morgan fingerprint density at radius 1 is 1.09 bits per heavy atom. The summed E-state index contributed by atoms with van der Waals surface area (Å²) in [5, 5.41) is 0. The van der Waals surface area contributed by atoms with Crippen LogP contribution in [0.25, 0.3) is 0 Å². The van der Waals surface area contributed by atoms with Crippen molar-refractivity contribution >= 4 is 10.1 Å². The highest BCUT2D eigenvalue weighted by molar-refractivity contribution is 7.87. The molecule has 118 valence electrons. The Morgan fingerprint density at radius 3 is 2.36 bits per heavy atom. The second-order valence-corrected chi connectivity index (χ2v) is 7.34. The molecule has 5 nitrogen and oxygen atoms in total. The Balaban J connectivity index is 2.49. The van der Waals surface area contributed by atoms with Crippen molar-refractivity contribution in [1.29, 1.82) is 0 Å². The van der Waals surface area contributed by atoms with Gasteiger partial charge in [-0.3, -0.25) is 0 Å². The van der Waals surface area contributed by atoms with E-state index in [-0.39, 0.29) is 21.9 Å². The summed E-state index contributed by atoms with van der Waals surface area (Å²) in [5.41, 5.74) is 0.679. The molecule has 22 heavy (non-hydrogen) atoms. The first kappa shape index (κ1) is 16.3. The van der Waals surface area contributed by atoms with Crippen molar-refractivity contribution < 1.29 is 17.3 Å². The highest BCUT2D eigenvalue weighted by Crippen LogP contribution is 2.31. The van der Waals surface area contributed by atoms with Crippen LogP contribution in [0.2, 0.25) is 0 Å². The Hall–Kier alpha value is -2.08. The predicted molar refractivity (Wildman–Crippen MR) is 83.7 cm³/mol. The minimum Gasteiger partial charge on any atom is -0.495 e. The first-order valence-electron chi connectivity index (χ1n) is 6.78. The van der Waals surface area contributed by atoms with Crippen LogP contribution < -0.4 is 8.92 Å². The zero-order valence-corrected chi connectivity index (χ0v) is 13.8. The van der Waals surface area contributed by atoms with Gasteiger partial charge in [0.2, 0.25) is 5.88 Å². The lowest BCUT2D eigenvalue weighted by molar-refractivity contribution is 0.396. The largest absolute Gasteiger partial charge is 0.495 e. The lowest BCUT2D eigenvalue weighted by Crippen LogP contribution is -2.16. The maximum Gasteiger partial charge on any atom is 0.344 e. The summed E-state index contributed by atoms with van der Waals surface area (Å²) in [4.78, 5) is 3.87. The molecule has 0 spiro atoms. The Morgan fingerprint density at radius 2 is 1.82 bits per heavy atom. The number of pyridine rings is 1. The van der Waals surface area contributed by atoms with Crippen LogP contribution in [0.4, 0.5) is 0 Å². The third-order valence-electron chi connectivity index (χ3n) is 3.13. The van der Waals surface area contributed by atoms with Gasteiger partial charge in [0.1, 0.15) is 10.6 Å². The van der Waals surface area contributed by atoms with E-state index in [9.17, 15) is 8.42 Å². The van der Waals surface area contributed by atoms with Crippen molar-refractivity contribution in [3.05, 3.63) is 48.2 Å². The van der Waals surface area contributed by atoms with Gasteiger partial charge < -0.3 is 8.92 Å². The molecule has 0 aliphatic carbocycles. The van der Waals surface area contributed by atoms with Gasteiger partial charge in [-0.05, 0) is 29.2 Å². The summed E-state index contributed by atoms with van der Waals surface area (Å²) in [6.45, 7) is 6.01. The molecule has 0 amide bonds. The van der Waals surface area contributed by atoms with E-state index >= 15 is 0 Å². The van der Waals surface area contributed by atoms with Crippen LogP contribution in [-0.4, -0.2) is 20.5 Å². The number of benzene rings is 1. The van der Waals surface area contributed by atoms with Gasteiger partial charge in [0, 0.05) is 12.3 Å². The fourth-order valence-electron chi connectivity index (χ4n) is 1.89. The zero-order valence-electron chi connectivity index (χ0n) is 13.0. The molecule has 2 rings (SSSR count). The molecule has 0 unspecified atom stereocenters. The highest BCUT2D eigenvalue weighted by atomic mass is 32.2. The molecule has 0 N–H and O–H groups in total. The average molecular weight is 321 g/mol. The maximum absolute atomic E-state index is 12.5. The van der Waals surface area contributed by atoms with E-state index in [1.165, 1.54) is 19.4 Å². The molecular formula is C16H19NO4S. The molecule has 1 aromatic carbocycles. The summed E-state index contributed by atoms with van der Waals surface area (Å²) in [6, 6.07) is 9.88. The summed E-state index contributed by atoms with van der Waals surface area (Å²) in [7, 11) is -2.60. The van der Waals surface area contributed by atoms with E-state index in [1.54, 1.807) is 24.3 Å². The smallest absolute Gasteiger partial charge is 0.344 e. The second kappa shape index (κ2) is 5.96. The van der Waals surface area contributed by atoms with Gasteiger partial charge in [-0.25, -0.2) is 4.98 Å². The van der Waals surface area contributed by atoms with Crippen molar-refractivity contribution in [3.8, 4) is 11.6 Å². The summed E-state index contributed by atoms with van der Waals surface area (Å²) in [5.74, 6) is 0.259. The molecule has 0 saturated carbocycles. The van der Waals surface area contributed by atoms with Crippen molar-refractivity contribution in [2.75, 3.05) is 7.11 Å². The molecule has 0 aliphatic rings. The van der Waals surface area contributed by atoms with Gasteiger partial charge in [-0.2, -0.15) is 8.42 Å². The number of hydrogen-bond donors (Lipinski definition) is 0. The standard InChI is InChI=1S/C16H19NO4S/c1-16(2,3)12-8-9-13(20-4)14(11-12)22(18,19)21-15-7-5-6-10-17-15/h5-11H,1-4H3. The molecule has 0 atom stereocenters. The minimum absolute atomic E-state index is 0.00641. The normalized spacial score (nSPS) is 12.0. The number of ether oxygens (including phenoxy) is 1. The minimum atomic E-state index is -4.03. The molecule has 0 bridgehead atoms. The van der Waals surface area contributed by atoms with E-state index in [1.807, 2.05) is 26.8 Å². The number of nitrogens with zero attached hydrogens (tertiary/aromatic N) is 1. The van der Waals surface area contributed by atoms with Crippen LogP contribution in [0.5, 0.6) is 11.6 Å². The van der Waals surface area contributed by atoms with Crippen molar-refractivity contribution in [2.45, 2.75) is 31.1 Å². The van der Waals surface area contributed by atoms with Gasteiger partial charge >= 0.3 is 10.1 Å². The molecular weight excluding hydrogens is 302 g/mol. The fraction of sp³-hybridized carbons (Fsp3) is 0.312. The topological polar surface area (TPSA) is 65.5 Å². The van der Waals surface area contributed by atoms with E-state index in [0.717, 1.165) is 5.56 Å². The highest BCUT2D eigenvalue weighted by Gasteiger charge is 2.25. The molecule has 0 saturated heterocycles. The quantitative estimate of drug-likeness (QED) is 0.809. The lowest BCUT2D eigenvalue weighted by Gasteiger charge is -2.20. The van der Waals surface area contributed by atoms with Gasteiger partial charge in [0.05, 0.1) is 7.11 Å². The second-order valence-electron chi connectivity index (χ2n) is 5.82. The maximum atomic E-state index is 12.5. The van der Waals surface area contributed by atoms with E-state index in [2.05, 4.69) is 4.98 Å². The fourth-order valence-corrected chi connectivity index (χ4v) is 2.97. The van der Waals surface area contributed by atoms with Crippen molar-refractivity contribution in [2.24, 2.45) is 0 Å². The zero-order chi connectivity index (χ0) is 16.4. The van der Waals surface area contributed by atoms with Crippen LogP contribution in [0.15, 0.2) is 47.5 Å². The third kappa shape index (κ3) is 3.57. The van der Waals surface area contributed by atoms with Crippen LogP contribution in [-0.2, 0) is 15.5 Å². The number of methoxy groups -OCH3 is 1. The molecule has 2 aromatic rings. The molecule has 0 aliphatic heterocycles. The van der Waals surface area contributed by atoms with Gasteiger partial charge in [0.15, 0.2) is 0 Å². The first-order valence-corrected chi connectivity index (χ1v) is 8.19. The molecule has 6 heteroatoms. The van der Waals surface area contributed by atoms with Crippen molar-refractivity contribution in [3.63, 3.8) is 0 Å². The molecule has 1 heterocycles. The van der Waals surface area contributed by atoms with Crippen LogP contribution in [0, 0.1) is 0 Å². The number of rotatable bonds is 4. The van der Waals surface area contributed by atoms with Gasteiger partial charge in [0.25, 0.3) is 0 Å². The Labute approximate surface area is 131 Å². The Kier molecular flexibility index (Phi) is 4.42. The number of hydrogen-bond acceptors (Lipinski definition) is 5. The first-order chi connectivity index (χ1) is 10.2. The monoisotopic (exact) mass is 321 g/mol. The predicted octanol–water partition coefficient (Wildman–Crippen LogP) is 3.16. The summed E-state index contributed by atoms with van der Waals surface area (Å²) in [6.07, 6.45) is 1.47. The van der Waals surface area contributed by atoms with E-state index in [4.69, 9.17) is 8.92 Å². The van der Waals surface area contributed by atoms with Gasteiger partial charge in [-0.1, -0.05) is 32.9 Å². The number of aromatic nitrogens is 1. The lowest BCUT2D eigenvalue weighted by atomic mass is 9.87. The van der Waals surface area contributed by atoms with Crippen LogP contribution in [0.1, 0.15) is 26.3 Å². The third-order valence-corrected chi connectivity index (χ3v) is 4.38. The van der Waals surface area contributed by atoms with Crippen LogP contribution in [0.3, 0.4) is 0 Å². The summed E-state index contributed by atoms with van der Waals surface area (Å²) < 4.78 is 35.3. The summed E-state index contributed by atoms with van der Waals surface area (Å²) >= 11 is 0.